The number of hydrogen-bond donors (Lipinski definition) is 4. The van der Waals surface area contributed by atoms with Crippen molar-refractivity contribution in [1.82, 2.24) is 5.32 Å². The van der Waals surface area contributed by atoms with Crippen LogP contribution >= 0.6 is 0 Å². The molecule has 6 nitrogen and oxygen atoms in total. The zero-order valence-electron chi connectivity index (χ0n) is 10.7. The molecular formula is C12H16FN3O3. The second-order valence-electron chi connectivity index (χ2n) is 3.99. The van der Waals surface area contributed by atoms with Crippen LogP contribution in [0.25, 0.3) is 0 Å². The van der Waals surface area contributed by atoms with Gasteiger partial charge in [0, 0.05) is 12.2 Å². The lowest BCUT2D eigenvalue weighted by molar-refractivity contribution is -0.121. The van der Waals surface area contributed by atoms with Crippen molar-refractivity contribution in [3.8, 4) is 0 Å². The molecule has 1 atom stereocenters. The number of carboxylic acids is 1. The van der Waals surface area contributed by atoms with Gasteiger partial charge >= 0.3 is 5.97 Å². The third kappa shape index (κ3) is 3.57. The smallest absolute Gasteiger partial charge is 0.337 e. The molecule has 1 rings (SSSR count). The summed E-state index contributed by atoms with van der Waals surface area (Å²) in [6.45, 7) is 3.76. The van der Waals surface area contributed by atoms with Crippen molar-refractivity contribution in [1.29, 1.82) is 0 Å². The number of carbonyl (C=O) groups is 2. The fourth-order valence-corrected chi connectivity index (χ4v) is 1.51. The number of carbonyl (C=O) groups excluding carboxylic acids is 1. The van der Waals surface area contributed by atoms with Crippen LogP contribution in [0.5, 0.6) is 0 Å². The van der Waals surface area contributed by atoms with Crippen LogP contribution in [0.3, 0.4) is 0 Å². The Balaban J connectivity index is 2.98. The zero-order chi connectivity index (χ0) is 14.6. The lowest BCUT2D eigenvalue weighted by Crippen LogP contribution is -2.37. The molecule has 0 aliphatic carbocycles. The number of nitrogens with two attached hydrogens (primary N) is 1. The minimum Gasteiger partial charge on any atom is -0.478 e. The Labute approximate surface area is 109 Å². The van der Waals surface area contributed by atoms with E-state index in [1.807, 2.05) is 0 Å². The van der Waals surface area contributed by atoms with Crippen molar-refractivity contribution in [3.05, 3.63) is 23.5 Å². The lowest BCUT2D eigenvalue weighted by atomic mass is 10.1. The summed E-state index contributed by atoms with van der Waals surface area (Å²) >= 11 is 0. The van der Waals surface area contributed by atoms with E-state index >= 15 is 0 Å². The van der Waals surface area contributed by atoms with E-state index in [1.54, 1.807) is 13.8 Å². The third-order valence-corrected chi connectivity index (χ3v) is 2.49. The number of aromatic carboxylic acids is 1. The van der Waals surface area contributed by atoms with Crippen molar-refractivity contribution in [3.63, 3.8) is 0 Å². The predicted molar refractivity (Wildman–Crippen MR) is 69.5 cm³/mol. The second-order valence-corrected chi connectivity index (χ2v) is 3.99. The van der Waals surface area contributed by atoms with Gasteiger partial charge in [-0.15, -0.1) is 0 Å². The van der Waals surface area contributed by atoms with Gasteiger partial charge in [0.25, 0.3) is 0 Å². The number of likely N-dealkylation sites (N-methyl/N-ethyl adjacent to an activating group) is 1. The number of hydrogen-bond acceptors (Lipinski definition) is 4. The average Bonchev–Trinajstić information content (AvgIpc) is 2.32. The van der Waals surface area contributed by atoms with Gasteiger partial charge < -0.3 is 21.5 Å². The molecule has 0 spiro atoms. The first kappa shape index (κ1) is 14.7. The summed E-state index contributed by atoms with van der Waals surface area (Å²) in [5, 5.41) is 14.1. The molecule has 19 heavy (non-hydrogen) atoms. The van der Waals surface area contributed by atoms with Gasteiger partial charge in [0.1, 0.15) is 11.9 Å². The number of amides is 1. The van der Waals surface area contributed by atoms with Gasteiger partial charge in [-0.1, -0.05) is 0 Å². The van der Waals surface area contributed by atoms with Gasteiger partial charge in [0.2, 0.25) is 5.91 Å². The number of rotatable bonds is 5. The number of nitrogen functional groups attached to an aromatic ring is 1. The second kappa shape index (κ2) is 6.03. The van der Waals surface area contributed by atoms with Crippen LogP contribution in [0.15, 0.2) is 12.1 Å². The summed E-state index contributed by atoms with van der Waals surface area (Å²) in [6.07, 6.45) is 0. The summed E-state index contributed by atoms with van der Waals surface area (Å²) in [5.41, 5.74) is 4.94. The summed E-state index contributed by atoms with van der Waals surface area (Å²) < 4.78 is 13.6. The third-order valence-electron chi connectivity index (χ3n) is 2.49. The van der Waals surface area contributed by atoms with Gasteiger partial charge in [-0.2, -0.15) is 0 Å². The van der Waals surface area contributed by atoms with Crippen LogP contribution in [0.2, 0.25) is 0 Å². The molecule has 0 aromatic heterocycles. The molecule has 0 saturated heterocycles. The van der Waals surface area contributed by atoms with E-state index in [9.17, 15) is 14.0 Å². The van der Waals surface area contributed by atoms with Crippen LogP contribution in [-0.4, -0.2) is 29.6 Å². The molecule has 0 saturated carbocycles. The first-order valence-electron chi connectivity index (χ1n) is 5.73. The minimum absolute atomic E-state index is 0.0784. The summed E-state index contributed by atoms with van der Waals surface area (Å²) in [6, 6.07) is 1.29. The van der Waals surface area contributed by atoms with Crippen LogP contribution in [0.1, 0.15) is 24.2 Å². The number of benzene rings is 1. The van der Waals surface area contributed by atoms with Gasteiger partial charge in [0.15, 0.2) is 0 Å². The highest BCUT2D eigenvalue weighted by Gasteiger charge is 2.17. The van der Waals surface area contributed by atoms with Gasteiger partial charge in [0.05, 0.1) is 11.3 Å². The first-order valence-corrected chi connectivity index (χ1v) is 5.73. The largest absolute Gasteiger partial charge is 0.478 e. The van der Waals surface area contributed by atoms with Crippen LogP contribution in [0, 0.1) is 5.82 Å². The van der Waals surface area contributed by atoms with Crippen molar-refractivity contribution in [2.24, 2.45) is 0 Å². The summed E-state index contributed by atoms with van der Waals surface area (Å²) in [7, 11) is 0. The van der Waals surface area contributed by atoms with Gasteiger partial charge in [-0.3, -0.25) is 4.79 Å². The monoisotopic (exact) mass is 269 g/mol. The maximum absolute atomic E-state index is 13.6. The standard InChI is InChI=1S/C12H16FN3O3/c1-3-15-11(17)6(2)16-10-4-7(12(18)19)9(14)5-8(10)13/h4-6,16H,3,14H2,1-2H3,(H,15,17)(H,18,19). The number of nitrogens with one attached hydrogen (secondary N) is 2. The Morgan fingerprint density at radius 3 is 2.63 bits per heavy atom. The van der Waals surface area contributed by atoms with Crippen molar-refractivity contribution in [2.45, 2.75) is 19.9 Å². The number of carboxylic acid groups (broad SMARTS) is 1. The van der Waals surface area contributed by atoms with Gasteiger partial charge in [-0.05, 0) is 26.0 Å². The molecular weight excluding hydrogens is 253 g/mol. The Bertz CT molecular complexity index is 505. The maximum Gasteiger partial charge on any atom is 0.337 e. The molecule has 5 N–H and O–H groups in total. The molecule has 0 radical (unpaired) electrons. The van der Waals surface area contributed by atoms with Crippen molar-refractivity contribution >= 4 is 23.3 Å². The molecule has 1 aromatic carbocycles. The minimum atomic E-state index is -1.26. The summed E-state index contributed by atoms with van der Waals surface area (Å²) in [4.78, 5) is 22.4. The van der Waals surface area contributed by atoms with E-state index in [0.29, 0.717) is 6.54 Å². The molecule has 0 bridgehead atoms. The Morgan fingerprint density at radius 1 is 1.47 bits per heavy atom. The fraction of sp³-hybridized carbons (Fsp3) is 0.333. The SMILES string of the molecule is CCNC(=O)C(C)Nc1cc(C(=O)O)c(N)cc1F. The highest BCUT2D eigenvalue weighted by molar-refractivity contribution is 5.95. The fourth-order valence-electron chi connectivity index (χ4n) is 1.51. The molecule has 0 heterocycles. The molecule has 0 fully saturated rings. The molecule has 1 aromatic rings. The Hall–Kier alpha value is -2.31. The van der Waals surface area contributed by atoms with E-state index in [-0.39, 0.29) is 22.8 Å². The normalized spacial score (nSPS) is 11.7. The van der Waals surface area contributed by atoms with E-state index in [2.05, 4.69) is 10.6 Å². The van der Waals surface area contributed by atoms with Crippen LogP contribution in [-0.2, 0) is 4.79 Å². The van der Waals surface area contributed by atoms with E-state index in [1.165, 1.54) is 0 Å². The molecule has 0 aliphatic rings. The molecule has 104 valence electrons. The Morgan fingerprint density at radius 2 is 2.11 bits per heavy atom. The van der Waals surface area contributed by atoms with Crippen molar-refractivity contribution in [2.75, 3.05) is 17.6 Å². The summed E-state index contributed by atoms with van der Waals surface area (Å²) in [5.74, 6) is -2.28. The van der Waals surface area contributed by atoms with E-state index in [0.717, 1.165) is 12.1 Å². The quantitative estimate of drug-likeness (QED) is 0.598. The molecule has 1 unspecified atom stereocenters. The zero-order valence-corrected chi connectivity index (χ0v) is 10.7. The molecule has 1 amide bonds. The number of halogens is 1. The van der Waals surface area contributed by atoms with Crippen LogP contribution in [0.4, 0.5) is 15.8 Å². The van der Waals surface area contributed by atoms with Crippen LogP contribution < -0.4 is 16.4 Å². The highest BCUT2D eigenvalue weighted by Crippen LogP contribution is 2.22. The predicted octanol–water partition coefficient (Wildman–Crippen LogP) is 1.04. The average molecular weight is 269 g/mol. The topological polar surface area (TPSA) is 104 Å². The van der Waals surface area contributed by atoms with Crippen molar-refractivity contribution < 1.29 is 19.1 Å². The first-order chi connectivity index (χ1) is 8.86. The van der Waals surface area contributed by atoms with E-state index in [4.69, 9.17) is 10.8 Å². The molecule has 7 heteroatoms. The van der Waals surface area contributed by atoms with Gasteiger partial charge in [-0.25, -0.2) is 9.18 Å². The molecule has 0 aliphatic heterocycles. The van der Waals surface area contributed by atoms with E-state index < -0.39 is 17.8 Å². The Kier molecular flexibility index (Phi) is 4.68. The highest BCUT2D eigenvalue weighted by atomic mass is 19.1. The number of anilines is 2. The lowest BCUT2D eigenvalue weighted by Gasteiger charge is -2.16. The maximum atomic E-state index is 13.6.